The number of hydrogen-bond donors (Lipinski definition) is 1. The minimum absolute atomic E-state index is 0.00695. The van der Waals surface area contributed by atoms with E-state index in [0.29, 0.717) is 6.54 Å². The predicted molar refractivity (Wildman–Crippen MR) is 92.3 cm³/mol. The van der Waals surface area contributed by atoms with E-state index in [4.69, 9.17) is 22.3 Å². The molecule has 0 saturated heterocycles. The van der Waals surface area contributed by atoms with Gasteiger partial charge in [-0.15, -0.1) is 11.3 Å². The van der Waals surface area contributed by atoms with Crippen LogP contribution in [-0.2, 0) is 18.5 Å². The molecule has 0 aliphatic carbocycles. The van der Waals surface area contributed by atoms with Crippen molar-refractivity contribution in [1.29, 1.82) is 0 Å². The number of aromatic nitrogens is 1. The van der Waals surface area contributed by atoms with Crippen LogP contribution in [-0.4, -0.2) is 12.0 Å². The van der Waals surface area contributed by atoms with Crippen LogP contribution in [0, 0.1) is 0 Å². The second-order valence-electron chi connectivity index (χ2n) is 6.23. The summed E-state index contributed by atoms with van der Waals surface area (Å²) in [5.41, 5.74) is 8.01. The molecule has 0 aliphatic heterocycles. The van der Waals surface area contributed by atoms with E-state index in [1.165, 1.54) is 4.88 Å². The number of thiophene rings is 1. The fourth-order valence-corrected chi connectivity index (χ4v) is 3.16. The minimum Gasteiger partial charge on any atom is -0.355 e. The SMILES string of the molecule is CN(Cc1ccc(Cl)s1)c1cc(CN)cc(C(C)(C)C)n1. The molecule has 0 aromatic carbocycles. The summed E-state index contributed by atoms with van der Waals surface area (Å²) in [6, 6.07) is 8.14. The first kappa shape index (κ1) is 16.3. The van der Waals surface area contributed by atoms with E-state index >= 15 is 0 Å². The maximum absolute atomic E-state index is 5.99. The lowest BCUT2D eigenvalue weighted by atomic mass is 9.90. The van der Waals surface area contributed by atoms with Crippen LogP contribution in [0.3, 0.4) is 0 Å². The van der Waals surface area contributed by atoms with Crippen LogP contribution >= 0.6 is 22.9 Å². The van der Waals surface area contributed by atoms with E-state index in [-0.39, 0.29) is 5.41 Å². The maximum atomic E-state index is 5.99. The van der Waals surface area contributed by atoms with Crippen molar-refractivity contribution in [2.45, 2.75) is 39.3 Å². The molecule has 0 radical (unpaired) electrons. The summed E-state index contributed by atoms with van der Waals surface area (Å²) >= 11 is 7.59. The Morgan fingerprint density at radius 3 is 2.52 bits per heavy atom. The Morgan fingerprint density at radius 2 is 2.00 bits per heavy atom. The van der Waals surface area contributed by atoms with Gasteiger partial charge in [-0.2, -0.15) is 0 Å². The summed E-state index contributed by atoms with van der Waals surface area (Å²) in [7, 11) is 2.04. The van der Waals surface area contributed by atoms with Gasteiger partial charge in [0.1, 0.15) is 5.82 Å². The molecule has 5 heteroatoms. The highest BCUT2D eigenvalue weighted by molar-refractivity contribution is 7.16. The number of nitrogens with zero attached hydrogens (tertiary/aromatic N) is 2. The lowest BCUT2D eigenvalue weighted by Crippen LogP contribution is -2.21. The van der Waals surface area contributed by atoms with Gasteiger partial charge >= 0.3 is 0 Å². The van der Waals surface area contributed by atoms with E-state index in [0.717, 1.165) is 28.0 Å². The molecule has 2 N–H and O–H groups in total. The third-order valence-electron chi connectivity index (χ3n) is 3.29. The van der Waals surface area contributed by atoms with Crippen molar-refractivity contribution in [2.75, 3.05) is 11.9 Å². The molecule has 0 spiro atoms. The van der Waals surface area contributed by atoms with Crippen LogP contribution in [0.1, 0.15) is 36.9 Å². The third-order valence-corrected chi connectivity index (χ3v) is 4.50. The first-order valence-electron chi connectivity index (χ1n) is 6.96. The number of nitrogens with two attached hydrogens (primary N) is 1. The smallest absolute Gasteiger partial charge is 0.129 e. The molecule has 0 unspecified atom stereocenters. The number of hydrogen-bond acceptors (Lipinski definition) is 4. The van der Waals surface area contributed by atoms with E-state index in [9.17, 15) is 0 Å². The molecular formula is C16H22ClN3S. The van der Waals surface area contributed by atoms with Gasteiger partial charge in [-0.25, -0.2) is 4.98 Å². The highest BCUT2D eigenvalue weighted by atomic mass is 35.5. The van der Waals surface area contributed by atoms with E-state index in [1.54, 1.807) is 11.3 Å². The van der Waals surface area contributed by atoms with Gasteiger partial charge in [0, 0.05) is 29.6 Å². The van der Waals surface area contributed by atoms with Gasteiger partial charge in [0.2, 0.25) is 0 Å². The lowest BCUT2D eigenvalue weighted by Gasteiger charge is -2.23. The van der Waals surface area contributed by atoms with E-state index in [2.05, 4.69) is 43.9 Å². The summed E-state index contributed by atoms with van der Waals surface area (Å²) in [5.74, 6) is 0.951. The molecule has 0 bridgehead atoms. The maximum Gasteiger partial charge on any atom is 0.129 e. The van der Waals surface area contributed by atoms with Crippen LogP contribution in [0.25, 0.3) is 0 Å². The van der Waals surface area contributed by atoms with Crippen molar-refractivity contribution in [3.05, 3.63) is 44.7 Å². The van der Waals surface area contributed by atoms with Crippen molar-refractivity contribution < 1.29 is 0 Å². The van der Waals surface area contributed by atoms with Crippen molar-refractivity contribution >= 4 is 28.8 Å². The largest absolute Gasteiger partial charge is 0.355 e. The van der Waals surface area contributed by atoms with Gasteiger partial charge in [-0.05, 0) is 29.8 Å². The highest BCUT2D eigenvalue weighted by Gasteiger charge is 2.18. The number of pyridine rings is 1. The van der Waals surface area contributed by atoms with Crippen LogP contribution in [0.4, 0.5) is 5.82 Å². The second-order valence-corrected chi connectivity index (χ2v) is 8.03. The molecule has 21 heavy (non-hydrogen) atoms. The fraction of sp³-hybridized carbons (Fsp3) is 0.438. The molecule has 114 valence electrons. The zero-order chi connectivity index (χ0) is 15.6. The Hall–Kier alpha value is -1.10. The van der Waals surface area contributed by atoms with Crippen molar-refractivity contribution in [3.63, 3.8) is 0 Å². The Balaban J connectivity index is 2.29. The Labute approximate surface area is 135 Å². The number of anilines is 1. The first-order chi connectivity index (χ1) is 9.79. The zero-order valence-corrected chi connectivity index (χ0v) is 14.6. The minimum atomic E-state index is 0.00695. The van der Waals surface area contributed by atoms with Crippen LogP contribution in [0.2, 0.25) is 4.34 Å². The molecule has 0 saturated carbocycles. The molecular weight excluding hydrogens is 302 g/mol. The lowest BCUT2D eigenvalue weighted by molar-refractivity contribution is 0.567. The van der Waals surface area contributed by atoms with Crippen molar-refractivity contribution in [1.82, 2.24) is 4.98 Å². The highest BCUT2D eigenvalue weighted by Crippen LogP contribution is 2.27. The van der Waals surface area contributed by atoms with Crippen LogP contribution < -0.4 is 10.6 Å². The molecule has 0 fully saturated rings. The summed E-state index contributed by atoms with van der Waals surface area (Å²) in [5, 5.41) is 0. The monoisotopic (exact) mass is 323 g/mol. The predicted octanol–water partition coefficient (Wildman–Crippen LogP) is 4.19. The average molecular weight is 324 g/mol. The number of halogens is 1. The Morgan fingerprint density at radius 1 is 1.29 bits per heavy atom. The summed E-state index contributed by atoms with van der Waals surface area (Å²) in [4.78, 5) is 8.16. The van der Waals surface area contributed by atoms with Gasteiger partial charge < -0.3 is 10.6 Å². The molecule has 0 aliphatic rings. The second kappa shape index (κ2) is 6.34. The van der Waals surface area contributed by atoms with E-state index in [1.807, 2.05) is 13.1 Å². The summed E-state index contributed by atoms with van der Waals surface area (Å²) in [6.45, 7) is 7.81. The van der Waals surface area contributed by atoms with Crippen LogP contribution in [0.15, 0.2) is 24.3 Å². The third kappa shape index (κ3) is 4.19. The quantitative estimate of drug-likeness (QED) is 0.917. The summed E-state index contributed by atoms with van der Waals surface area (Å²) < 4.78 is 0.817. The fourth-order valence-electron chi connectivity index (χ4n) is 2.02. The van der Waals surface area contributed by atoms with Crippen molar-refractivity contribution in [2.24, 2.45) is 5.73 Å². The van der Waals surface area contributed by atoms with Gasteiger partial charge in [0.25, 0.3) is 0 Å². The van der Waals surface area contributed by atoms with Gasteiger partial charge in [0.05, 0.1) is 10.9 Å². The molecule has 0 atom stereocenters. The Kier molecular flexibility index (Phi) is 4.91. The topological polar surface area (TPSA) is 42.1 Å². The standard InChI is InChI=1S/C16H22ClN3S/c1-16(2,3)13-7-11(9-18)8-15(19-13)20(4)10-12-5-6-14(17)21-12/h5-8H,9-10,18H2,1-4H3. The summed E-state index contributed by atoms with van der Waals surface area (Å²) in [6.07, 6.45) is 0. The van der Waals surface area contributed by atoms with E-state index < -0.39 is 0 Å². The van der Waals surface area contributed by atoms with Gasteiger partial charge in [0.15, 0.2) is 0 Å². The van der Waals surface area contributed by atoms with Gasteiger partial charge in [-0.1, -0.05) is 32.4 Å². The van der Waals surface area contributed by atoms with Crippen LogP contribution in [0.5, 0.6) is 0 Å². The first-order valence-corrected chi connectivity index (χ1v) is 8.16. The molecule has 3 nitrogen and oxygen atoms in total. The molecule has 2 heterocycles. The molecule has 2 aromatic rings. The molecule has 2 aromatic heterocycles. The Bertz CT molecular complexity index is 616. The normalized spacial score (nSPS) is 11.7. The zero-order valence-electron chi connectivity index (χ0n) is 13.0. The van der Waals surface area contributed by atoms with Gasteiger partial charge in [-0.3, -0.25) is 0 Å². The average Bonchev–Trinajstić information content (AvgIpc) is 2.82. The number of rotatable bonds is 4. The molecule has 0 amide bonds. The van der Waals surface area contributed by atoms with Crippen molar-refractivity contribution in [3.8, 4) is 0 Å². The molecule has 2 rings (SSSR count).